The van der Waals surface area contributed by atoms with Gasteiger partial charge in [0.15, 0.2) is 4.96 Å². The Bertz CT molecular complexity index is 779. The number of fused-ring (bicyclic) bond motifs is 5. The van der Waals surface area contributed by atoms with E-state index in [-0.39, 0.29) is 12.4 Å². The van der Waals surface area contributed by atoms with Crippen LogP contribution in [0.4, 0.5) is 0 Å². The number of hydrogen-bond donors (Lipinski definition) is 1. The lowest BCUT2D eigenvalue weighted by Crippen LogP contribution is -1.75. The van der Waals surface area contributed by atoms with Crippen molar-refractivity contribution in [2.24, 2.45) is 0 Å². The van der Waals surface area contributed by atoms with Crippen molar-refractivity contribution in [1.82, 2.24) is 14.4 Å². The molecule has 3 aromatic heterocycles. The molecule has 0 atom stereocenters. The van der Waals surface area contributed by atoms with Crippen LogP contribution in [0.5, 0.6) is 0 Å². The summed E-state index contributed by atoms with van der Waals surface area (Å²) in [6, 6.07) is 8.26. The molecular formula is C11H8ClN3S. The molecule has 0 bridgehead atoms. The molecule has 5 heteroatoms. The summed E-state index contributed by atoms with van der Waals surface area (Å²) in [7, 11) is 0. The Kier molecular flexibility index (Phi) is 1.96. The molecule has 0 fully saturated rings. The zero-order chi connectivity index (χ0) is 9.83. The van der Waals surface area contributed by atoms with E-state index in [0.717, 1.165) is 21.6 Å². The Hall–Kier alpha value is -1.52. The van der Waals surface area contributed by atoms with Crippen molar-refractivity contribution in [2.75, 3.05) is 0 Å². The van der Waals surface area contributed by atoms with Gasteiger partial charge in [0.2, 0.25) is 0 Å². The van der Waals surface area contributed by atoms with Crippen molar-refractivity contribution < 1.29 is 0 Å². The number of benzene rings is 1. The second kappa shape index (κ2) is 3.23. The van der Waals surface area contributed by atoms with Crippen LogP contribution < -0.4 is 0 Å². The van der Waals surface area contributed by atoms with Gasteiger partial charge >= 0.3 is 0 Å². The summed E-state index contributed by atoms with van der Waals surface area (Å²) in [5, 5.41) is 3.25. The first kappa shape index (κ1) is 9.69. The summed E-state index contributed by atoms with van der Waals surface area (Å²) in [6.45, 7) is 0. The van der Waals surface area contributed by atoms with Crippen LogP contribution in [-0.4, -0.2) is 14.4 Å². The number of thiazole rings is 1. The average Bonchev–Trinajstić information content (AvgIpc) is 2.87. The highest BCUT2D eigenvalue weighted by atomic mass is 35.5. The van der Waals surface area contributed by atoms with Gasteiger partial charge in [-0.1, -0.05) is 18.2 Å². The molecule has 0 aliphatic heterocycles. The molecule has 4 rings (SSSR count). The predicted octanol–water partition coefficient (Wildman–Crippen LogP) is 3.45. The summed E-state index contributed by atoms with van der Waals surface area (Å²) in [4.78, 5) is 9.05. The molecule has 0 radical (unpaired) electrons. The molecule has 0 aliphatic rings. The molecule has 0 amide bonds. The van der Waals surface area contributed by atoms with Crippen molar-refractivity contribution in [3.63, 3.8) is 0 Å². The van der Waals surface area contributed by atoms with Gasteiger partial charge in [0.05, 0.1) is 0 Å². The Morgan fingerprint density at radius 3 is 3.06 bits per heavy atom. The van der Waals surface area contributed by atoms with Crippen LogP contribution in [0, 0.1) is 0 Å². The van der Waals surface area contributed by atoms with E-state index in [1.165, 1.54) is 5.39 Å². The summed E-state index contributed by atoms with van der Waals surface area (Å²) in [6.07, 6.45) is 2.05. The lowest BCUT2D eigenvalue weighted by Gasteiger charge is -1.86. The van der Waals surface area contributed by atoms with Gasteiger partial charge in [0.1, 0.15) is 11.2 Å². The summed E-state index contributed by atoms with van der Waals surface area (Å²) in [5.41, 5.74) is 3.31. The molecule has 1 aromatic carbocycles. The Labute approximate surface area is 101 Å². The quantitative estimate of drug-likeness (QED) is 0.509. The van der Waals surface area contributed by atoms with Crippen LogP contribution in [0.1, 0.15) is 0 Å². The minimum atomic E-state index is 0. The fraction of sp³-hybridized carbons (Fsp3) is 0. The normalized spacial score (nSPS) is 11.2. The second-order valence-corrected chi connectivity index (χ2v) is 4.41. The molecule has 80 valence electrons. The molecule has 1 N–H and O–H groups in total. The topological polar surface area (TPSA) is 33.1 Å². The third-order valence-corrected chi connectivity index (χ3v) is 3.45. The van der Waals surface area contributed by atoms with Crippen LogP contribution in [-0.2, 0) is 0 Å². The molecule has 16 heavy (non-hydrogen) atoms. The number of nitrogens with one attached hydrogen (secondary N) is 1. The average molecular weight is 250 g/mol. The molecule has 0 saturated heterocycles. The number of aromatic nitrogens is 3. The van der Waals surface area contributed by atoms with E-state index in [1.807, 2.05) is 23.7 Å². The monoisotopic (exact) mass is 249 g/mol. The standard InChI is InChI=1S/C11H7N3S.ClH/c1-2-4-8-7(3-1)9-10(12-8)14-5-6-15-11(14)13-9;/h1-6,12H;1H. The maximum absolute atomic E-state index is 4.61. The predicted molar refractivity (Wildman–Crippen MR) is 69.7 cm³/mol. The first-order valence-electron chi connectivity index (χ1n) is 4.75. The lowest BCUT2D eigenvalue weighted by molar-refractivity contribution is 1.24. The summed E-state index contributed by atoms with van der Waals surface area (Å²) < 4.78 is 2.10. The summed E-state index contributed by atoms with van der Waals surface area (Å²) >= 11 is 1.66. The number of nitrogens with zero attached hydrogens (tertiary/aromatic N) is 2. The van der Waals surface area contributed by atoms with E-state index in [1.54, 1.807) is 11.3 Å². The zero-order valence-corrected chi connectivity index (χ0v) is 9.81. The first-order valence-corrected chi connectivity index (χ1v) is 5.63. The molecule has 3 nitrogen and oxygen atoms in total. The molecular weight excluding hydrogens is 242 g/mol. The van der Waals surface area contributed by atoms with Crippen LogP contribution >= 0.6 is 23.7 Å². The Morgan fingerprint density at radius 1 is 1.25 bits per heavy atom. The fourth-order valence-corrected chi connectivity index (χ4v) is 2.73. The number of para-hydroxylation sites is 1. The third-order valence-electron chi connectivity index (χ3n) is 2.70. The van der Waals surface area contributed by atoms with Crippen molar-refractivity contribution in [1.29, 1.82) is 0 Å². The minimum Gasteiger partial charge on any atom is -0.339 e. The van der Waals surface area contributed by atoms with E-state index in [0.29, 0.717) is 0 Å². The van der Waals surface area contributed by atoms with E-state index in [2.05, 4.69) is 26.5 Å². The van der Waals surface area contributed by atoms with E-state index < -0.39 is 0 Å². The van der Waals surface area contributed by atoms with Gasteiger partial charge < -0.3 is 4.98 Å². The number of rotatable bonds is 0. The van der Waals surface area contributed by atoms with Crippen molar-refractivity contribution >= 4 is 50.8 Å². The largest absolute Gasteiger partial charge is 0.339 e. The first-order chi connectivity index (χ1) is 7.43. The third kappa shape index (κ3) is 1.06. The molecule has 3 heterocycles. The van der Waals surface area contributed by atoms with Crippen LogP contribution in [0.15, 0.2) is 35.8 Å². The molecule has 0 unspecified atom stereocenters. The van der Waals surface area contributed by atoms with Gasteiger partial charge in [-0.25, -0.2) is 4.98 Å². The highest BCUT2D eigenvalue weighted by molar-refractivity contribution is 7.15. The van der Waals surface area contributed by atoms with Crippen LogP contribution in [0.3, 0.4) is 0 Å². The molecule has 0 saturated carbocycles. The van der Waals surface area contributed by atoms with Crippen molar-refractivity contribution in [3.05, 3.63) is 35.8 Å². The number of H-pyrrole nitrogens is 1. The van der Waals surface area contributed by atoms with E-state index in [9.17, 15) is 0 Å². The van der Waals surface area contributed by atoms with Crippen LogP contribution in [0.25, 0.3) is 27.0 Å². The molecule has 0 spiro atoms. The second-order valence-electron chi connectivity index (χ2n) is 3.54. The molecule has 0 aliphatic carbocycles. The lowest BCUT2D eigenvalue weighted by atomic mass is 10.2. The van der Waals surface area contributed by atoms with Gasteiger partial charge in [0, 0.05) is 22.5 Å². The number of imidazole rings is 1. The van der Waals surface area contributed by atoms with Gasteiger partial charge in [-0.3, -0.25) is 4.40 Å². The number of halogens is 1. The highest BCUT2D eigenvalue weighted by Crippen LogP contribution is 2.26. The maximum atomic E-state index is 4.61. The van der Waals surface area contributed by atoms with Gasteiger partial charge in [-0.2, -0.15) is 0 Å². The summed E-state index contributed by atoms with van der Waals surface area (Å²) in [5.74, 6) is 0. The highest BCUT2D eigenvalue weighted by Gasteiger charge is 2.10. The Balaban J connectivity index is 0.000000810. The van der Waals surface area contributed by atoms with Crippen molar-refractivity contribution in [3.8, 4) is 0 Å². The van der Waals surface area contributed by atoms with Crippen molar-refractivity contribution in [2.45, 2.75) is 0 Å². The Morgan fingerprint density at radius 2 is 2.12 bits per heavy atom. The van der Waals surface area contributed by atoms with Crippen LogP contribution in [0.2, 0.25) is 0 Å². The minimum absolute atomic E-state index is 0. The smallest absolute Gasteiger partial charge is 0.195 e. The fourth-order valence-electron chi connectivity index (χ4n) is 2.02. The van der Waals surface area contributed by atoms with Gasteiger partial charge in [-0.15, -0.1) is 23.7 Å². The zero-order valence-electron chi connectivity index (χ0n) is 8.18. The van der Waals surface area contributed by atoms with Gasteiger partial charge in [0.25, 0.3) is 0 Å². The molecule has 4 aromatic rings. The van der Waals surface area contributed by atoms with E-state index in [4.69, 9.17) is 0 Å². The van der Waals surface area contributed by atoms with Gasteiger partial charge in [-0.05, 0) is 6.07 Å². The number of hydrogen-bond acceptors (Lipinski definition) is 2. The van der Waals surface area contributed by atoms with E-state index >= 15 is 0 Å². The maximum Gasteiger partial charge on any atom is 0.195 e. The SMILES string of the molecule is Cl.c1ccc2c(c1)[nH]c1c2nc2sccn21. The number of aromatic amines is 1.